The highest BCUT2D eigenvalue weighted by Crippen LogP contribution is 2.41. The summed E-state index contributed by atoms with van der Waals surface area (Å²) in [6.07, 6.45) is -4.93. The monoisotopic (exact) mass is 552 g/mol. The highest BCUT2D eigenvalue weighted by atomic mass is 28.3. The molecule has 2 fully saturated rings. The zero-order chi connectivity index (χ0) is 27.7. The molecule has 0 N–H and O–H groups in total. The van der Waals surface area contributed by atoms with E-state index < -0.39 is 57.0 Å². The lowest BCUT2D eigenvalue weighted by Gasteiger charge is -2.48. The van der Waals surface area contributed by atoms with Crippen molar-refractivity contribution in [2.45, 2.75) is 76.5 Å². The SMILES string of the molecule is CC(=O)O[C@@H]1[C@@H](OC(C)=O)[C@H](OCC[Si](C)(C)C)O[C@@H]2CO[C@@H](c3c4ccccc4cc4ccccc34)O[C@@H]12. The predicted octanol–water partition coefficient (Wildman–Crippen LogP) is 5.35. The number of carbonyl (C=O) groups is 2. The van der Waals surface area contributed by atoms with Crippen LogP contribution in [0.2, 0.25) is 25.7 Å². The minimum atomic E-state index is -1.39. The average molecular weight is 553 g/mol. The smallest absolute Gasteiger partial charge is 0.303 e. The zero-order valence-electron chi connectivity index (χ0n) is 23.0. The van der Waals surface area contributed by atoms with Crippen LogP contribution < -0.4 is 0 Å². The summed E-state index contributed by atoms with van der Waals surface area (Å²) < 4.78 is 36.6. The van der Waals surface area contributed by atoms with E-state index in [1.807, 2.05) is 36.4 Å². The van der Waals surface area contributed by atoms with Gasteiger partial charge in [0.15, 0.2) is 24.8 Å². The zero-order valence-corrected chi connectivity index (χ0v) is 24.0. The van der Waals surface area contributed by atoms with E-state index in [0.29, 0.717) is 6.61 Å². The van der Waals surface area contributed by atoms with Gasteiger partial charge in [-0.2, -0.15) is 0 Å². The number of hydrogen-bond donors (Lipinski definition) is 0. The van der Waals surface area contributed by atoms with Crippen LogP contribution in [0.4, 0.5) is 0 Å². The van der Waals surface area contributed by atoms with Crippen molar-refractivity contribution in [2.24, 2.45) is 0 Å². The van der Waals surface area contributed by atoms with Crippen LogP contribution in [0.25, 0.3) is 21.5 Å². The van der Waals surface area contributed by atoms with E-state index in [1.165, 1.54) is 13.8 Å². The molecule has 8 nitrogen and oxygen atoms in total. The minimum absolute atomic E-state index is 0.186. The summed E-state index contributed by atoms with van der Waals surface area (Å²) in [6.45, 7) is 10.0. The summed E-state index contributed by atoms with van der Waals surface area (Å²) in [5.74, 6) is -1.04. The molecule has 0 spiro atoms. The van der Waals surface area contributed by atoms with E-state index in [2.05, 4.69) is 37.8 Å². The maximum atomic E-state index is 12.2. The molecule has 0 amide bonds. The lowest BCUT2D eigenvalue weighted by Crippen LogP contribution is -2.64. The van der Waals surface area contributed by atoms with Crippen molar-refractivity contribution in [2.75, 3.05) is 13.2 Å². The number of esters is 2. The van der Waals surface area contributed by atoms with Crippen molar-refractivity contribution in [3.05, 3.63) is 60.2 Å². The number of carbonyl (C=O) groups excluding carboxylic acids is 2. The fourth-order valence-corrected chi connectivity index (χ4v) is 5.98. The second kappa shape index (κ2) is 11.3. The maximum Gasteiger partial charge on any atom is 0.303 e. The molecule has 0 aliphatic carbocycles. The Morgan fingerprint density at radius 1 is 0.872 bits per heavy atom. The van der Waals surface area contributed by atoms with Crippen molar-refractivity contribution in [3.63, 3.8) is 0 Å². The van der Waals surface area contributed by atoms with Gasteiger partial charge in [-0.05, 0) is 33.7 Å². The second-order valence-corrected chi connectivity index (χ2v) is 17.0. The summed E-state index contributed by atoms with van der Waals surface area (Å²) in [7, 11) is -1.39. The molecule has 39 heavy (non-hydrogen) atoms. The summed E-state index contributed by atoms with van der Waals surface area (Å²) in [4.78, 5) is 24.4. The first kappa shape index (κ1) is 27.7. The normalized spacial score (nSPS) is 27.2. The Labute approximate surface area is 229 Å². The van der Waals surface area contributed by atoms with E-state index in [1.54, 1.807) is 0 Å². The molecule has 3 aromatic carbocycles. The molecule has 2 heterocycles. The van der Waals surface area contributed by atoms with Gasteiger partial charge in [0.2, 0.25) is 0 Å². The molecule has 0 saturated carbocycles. The topological polar surface area (TPSA) is 89.5 Å². The van der Waals surface area contributed by atoms with Crippen LogP contribution in [0.5, 0.6) is 0 Å². The van der Waals surface area contributed by atoms with Crippen LogP contribution in [0.15, 0.2) is 54.6 Å². The Bertz CT molecular complexity index is 1300. The van der Waals surface area contributed by atoms with E-state index in [9.17, 15) is 9.59 Å². The van der Waals surface area contributed by atoms with Gasteiger partial charge in [0.25, 0.3) is 0 Å². The molecule has 2 aliphatic heterocycles. The van der Waals surface area contributed by atoms with Crippen LogP contribution in [0, 0.1) is 0 Å². The van der Waals surface area contributed by atoms with Crippen molar-refractivity contribution >= 4 is 41.6 Å². The quantitative estimate of drug-likeness (QED) is 0.220. The van der Waals surface area contributed by atoms with E-state index in [0.717, 1.165) is 33.2 Å². The predicted molar refractivity (Wildman–Crippen MR) is 149 cm³/mol. The number of hydrogen-bond acceptors (Lipinski definition) is 8. The lowest BCUT2D eigenvalue weighted by atomic mass is 9.94. The fraction of sp³-hybridized carbons (Fsp3) is 0.467. The van der Waals surface area contributed by atoms with Crippen molar-refractivity contribution in [1.82, 2.24) is 0 Å². The molecule has 3 aromatic rings. The van der Waals surface area contributed by atoms with E-state index >= 15 is 0 Å². The van der Waals surface area contributed by atoms with Crippen molar-refractivity contribution in [1.29, 1.82) is 0 Å². The molecular weight excluding hydrogens is 516 g/mol. The van der Waals surface area contributed by atoms with Gasteiger partial charge in [-0.1, -0.05) is 68.2 Å². The molecule has 0 bridgehead atoms. The molecule has 5 rings (SSSR count). The van der Waals surface area contributed by atoms with E-state index in [-0.39, 0.29) is 6.61 Å². The molecular formula is C30H36O8Si. The van der Waals surface area contributed by atoms with Gasteiger partial charge >= 0.3 is 11.9 Å². The Morgan fingerprint density at radius 2 is 1.46 bits per heavy atom. The number of benzene rings is 3. The second-order valence-electron chi connectivity index (χ2n) is 11.4. The van der Waals surface area contributed by atoms with Gasteiger partial charge in [-0.15, -0.1) is 0 Å². The Morgan fingerprint density at radius 3 is 2.05 bits per heavy atom. The van der Waals surface area contributed by atoms with Gasteiger partial charge in [-0.3, -0.25) is 9.59 Å². The largest absolute Gasteiger partial charge is 0.455 e. The van der Waals surface area contributed by atoms with Gasteiger partial charge in [0.05, 0.1) is 6.61 Å². The average Bonchev–Trinajstić information content (AvgIpc) is 2.87. The van der Waals surface area contributed by atoms with Crippen LogP contribution in [-0.4, -0.2) is 63.9 Å². The maximum absolute atomic E-state index is 12.2. The fourth-order valence-electron chi connectivity index (χ4n) is 5.25. The summed E-state index contributed by atoms with van der Waals surface area (Å²) in [6, 6.07) is 19.2. The molecule has 2 saturated heterocycles. The first-order valence-corrected chi connectivity index (χ1v) is 17.1. The third-order valence-electron chi connectivity index (χ3n) is 7.07. The standard InChI is InChI=1S/C30H36O8Si/c1-18(31)35-27-26-24(37-30(28(27)36-19(2)32)33-14-15-39(3,4)5)17-34-29(38-26)25-22-12-8-6-10-20(22)16-21-11-7-9-13-23(21)25/h6-13,16,24,26-30H,14-15,17H2,1-5H3/t24-,26-,27+,28-,29-,30-/m1/s1. The Kier molecular flexibility index (Phi) is 8.07. The van der Waals surface area contributed by atoms with Crippen molar-refractivity contribution < 1.29 is 38.0 Å². The first-order valence-electron chi connectivity index (χ1n) is 13.4. The van der Waals surface area contributed by atoms with Crippen LogP contribution in [0.1, 0.15) is 25.7 Å². The molecule has 9 heteroatoms. The first-order chi connectivity index (χ1) is 18.6. The Hall–Kier alpha value is -2.82. The van der Waals surface area contributed by atoms with E-state index in [4.69, 9.17) is 28.4 Å². The molecule has 0 unspecified atom stereocenters. The molecule has 6 atom stereocenters. The molecule has 208 valence electrons. The van der Waals surface area contributed by atoms with Gasteiger partial charge in [0, 0.05) is 34.1 Å². The third-order valence-corrected chi connectivity index (χ3v) is 8.77. The van der Waals surface area contributed by atoms with Gasteiger partial charge in [0.1, 0.15) is 12.2 Å². The van der Waals surface area contributed by atoms with Crippen LogP contribution in [-0.2, 0) is 38.0 Å². The highest BCUT2D eigenvalue weighted by molar-refractivity contribution is 6.76. The summed E-state index contributed by atoms with van der Waals surface area (Å²) in [5.41, 5.74) is 0.890. The van der Waals surface area contributed by atoms with Crippen molar-refractivity contribution in [3.8, 4) is 0 Å². The number of ether oxygens (including phenoxy) is 6. The molecule has 2 aliphatic rings. The summed E-state index contributed by atoms with van der Waals surface area (Å²) >= 11 is 0. The van der Waals surface area contributed by atoms with Gasteiger partial charge in [-0.25, -0.2) is 0 Å². The highest BCUT2D eigenvalue weighted by Gasteiger charge is 2.54. The number of rotatable bonds is 7. The van der Waals surface area contributed by atoms with Crippen LogP contribution >= 0.6 is 0 Å². The molecule has 0 radical (unpaired) electrons. The number of fused-ring (bicyclic) bond motifs is 3. The van der Waals surface area contributed by atoms with Gasteiger partial charge < -0.3 is 28.4 Å². The Balaban J connectivity index is 1.49. The molecule has 0 aromatic heterocycles. The minimum Gasteiger partial charge on any atom is -0.455 e. The van der Waals surface area contributed by atoms with Crippen LogP contribution in [0.3, 0.4) is 0 Å². The third kappa shape index (κ3) is 6.18. The summed E-state index contributed by atoms with van der Waals surface area (Å²) in [5, 5.41) is 4.13. The lowest BCUT2D eigenvalue weighted by molar-refractivity contribution is -0.361.